The van der Waals surface area contributed by atoms with Crippen LogP contribution in [0.25, 0.3) is 0 Å². The molecular formula is C24H25NO5. The van der Waals surface area contributed by atoms with E-state index in [2.05, 4.69) is 0 Å². The molecule has 0 atom stereocenters. The summed E-state index contributed by atoms with van der Waals surface area (Å²) < 4.78 is 18.1. The van der Waals surface area contributed by atoms with Gasteiger partial charge in [-0.3, -0.25) is 4.79 Å². The van der Waals surface area contributed by atoms with Crippen LogP contribution in [0.3, 0.4) is 0 Å². The van der Waals surface area contributed by atoms with Gasteiger partial charge < -0.3 is 18.8 Å². The van der Waals surface area contributed by atoms with Gasteiger partial charge in [0, 0.05) is 30.6 Å². The Kier molecular flexibility index (Phi) is 7.03. The molecule has 0 N–H and O–H groups in total. The summed E-state index contributed by atoms with van der Waals surface area (Å²) in [6.07, 6.45) is 0. The van der Waals surface area contributed by atoms with Gasteiger partial charge in [0.15, 0.2) is 6.61 Å². The molecule has 1 aromatic heterocycles. The molecule has 2 aromatic carbocycles. The van der Waals surface area contributed by atoms with Gasteiger partial charge in [0.25, 0.3) is 0 Å². The van der Waals surface area contributed by atoms with Gasteiger partial charge in [0.1, 0.15) is 11.5 Å². The quantitative estimate of drug-likeness (QED) is 0.384. The molecule has 0 saturated heterocycles. The van der Waals surface area contributed by atoms with Crippen LogP contribution in [-0.2, 0) is 16.0 Å². The minimum Gasteiger partial charge on any atom is -0.457 e. The first-order valence-corrected chi connectivity index (χ1v) is 9.68. The molecule has 3 aromatic rings. The topological polar surface area (TPSA) is 66.8 Å². The lowest BCUT2D eigenvalue weighted by Gasteiger charge is -2.09. The minimum absolute atomic E-state index is 0.232. The Morgan fingerprint density at radius 1 is 0.933 bits per heavy atom. The van der Waals surface area contributed by atoms with Crippen LogP contribution >= 0.6 is 0 Å². The zero-order valence-electron chi connectivity index (χ0n) is 17.4. The van der Waals surface area contributed by atoms with Crippen LogP contribution in [-0.4, -0.2) is 36.6 Å². The van der Waals surface area contributed by atoms with E-state index < -0.39 is 5.97 Å². The van der Waals surface area contributed by atoms with Crippen molar-refractivity contribution in [2.75, 3.05) is 20.3 Å². The first kappa shape index (κ1) is 21.3. The third kappa shape index (κ3) is 5.15. The maximum absolute atomic E-state index is 12.6. The summed E-state index contributed by atoms with van der Waals surface area (Å²) in [5.41, 5.74) is 2.72. The number of carbonyl (C=O) groups excluding carboxylic acids is 2. The second kappa shape index (κ2) is 9.89. The number of hydrogen-bond donors (Lipinski definition) is 0. The number of rotatable bonds is 9. The standard InChI is InChI=1S/C24H25NO5/c1-17-15-22(18(2)25(17)13-14-28-3)23(26)16-29-24(27)19-9-11-21(12-10-19)30-20-7-5-4-6-8-20/h4-12,15H,13-14,16H2,1-3H3. The molecule has 156 valence electrons. The van der Waals surface area contributed by atoms with Gasteiger partial charge in [-0.1, -0.05) is 18.2 Å². The molecule has 0 saturated carbocycles. The van der Waals surface area contributed by atoms with Crippen molar-refractivity contribution in [2.45, 2.75) is 20.4 Å². The molecule has 3 rings (SSSR count). The number of methoxy groups -OCH3 is 1. The first-order valence-electron chi connectivity index (χ1n) is 9.68. The molecule has 0 aliphatic heterocycles. The Labute approximate surface area is 176 Å². The average molecular weight is 407 g/mol. The van der Waals surface area contributed by atoms with Crippen LogP contribution in [0, 0.1) is 13.8 Å². The number of carbonyl (C=O) groups is 2. The Bertz CT molecular complexity index is 1010. The third-order valence-electron chi connectivity index (χ3n) is 4.80. The molecule has 1 heterocycles. The van der Waals surface area contributed by atoms with Crippen LogP contribution in [0.1, 0.15) is 32.1 Å². The predicted octanol–water partition coefficient (Wildman–Crippen LogP) is 4.58. The summed E-state index contributed by atoms with van der Waals surface area (Å²) in [7, 11) is 1.64. The maximum Gasteiger partial charge on any atom is 0.338 e. The fourth-order valence-electron chi connectivity index (χ4n) is 3.19. The van der Waals surface area contributed by atoms with Crippen LogP contribution in [0.2, 0.25) is 0 Å². The zero-order valence-corrected chi connectivity index (χ0v) is 17.4. The van der Waals surface area contributed by atoms with Crippen molar-refractivity contribution >= 4 is 11.8 Å². The first-order chi connectivity index (χ1) is 14.5. The molecule has 0 spiro atoms. The van der Waals surface area contributed by atoms with Crippen molar-refractivity contribution in [3.63, 3.8) is 0 Å². The van der Waals surface area contributed by atoms with E-state index in [-0.39, 0.29) is 12.4 Å². The Hall–Kier alpha value is -3.38. The van der Waals surface area contributed by atoms with E-state index in [0.717, 1.165) is 11.4 Å². The number of aryl methyl sites for hydroxylation is 1. The van der Waals surface area contributed by atoms with E-state index in [1.54, 1.807) is 31.4 Å². The van der Waals surface area contributed by atoms with Gasteiger partial charge in [-0.2, -0.15) is 0 Å². The summed E-state index contributed by atoms with van der Waals surface area (Å²) in [6.45, 7) is 4.73. The maximum atomic E-state index is 12.6. The molecule has 0 unspecified atom stereocenters. The molecule has 0 aliphatic rings. The smallest absolute Gasteiger partial charge is 0.338 e. The largest absolute Gasteiger partial charge is 0.457 e. The summed E-state index contributed by atoms with van der Waals surface area (Å²) >= 11 is 0. The Morgan fingerprint density at radius 3 is 2.27 bits per heavy atom. The molecule has 0 fully saturated rings. The van der Waals surface area contributed by atoms with Gasteiger partial charge in [0.05, 0.1) is 12.2 Å². The van der Waals surface area contributed by atoms with Gasteiger partial charge in [-0.25, -0.2) is 4.79 Å². The van der Waals surface area contributed by atoms with Crippen LogP contribution in [0.15, 0.2) is 60.7 Å². The highest BCUT2D eigenvalue weighted by Crippen LogP contribution is 2.21. The number of benzene rings is 2. The molecule has 6 heteroatoms. The molecule has 0 bridgehead atoms. The summed E-state index contributed by atoms with van der Waals surface area (Å²) in [6, 6.07) is 17.8. The number of nitrogens with zero attached hydrogens (tertiary/aromatic N) is 1. The normalized spacial score (nSPS) is 10.6. The van der Waals surface area contributed by atoms with Crippen LogP contribution in [0.5, 0.6) is 11.5 Å². The van der Waals surface area contributed by atoms with Crippen molar-refractivity contribution < 1.29 is 23.8 Å². The number of ether oxygens (including phenoxy) is 3. The van der Waals surface area contributed by atoms with Gasteiger partial charge in [-0.05, 0) is 56.3 Å². The molecule has 30 heavy (non-hydrogen) atoms. The highest BCUT2D eigenvalue weighted by molar-refractivity contribution is 6.00. The van der Waals surface area contributed by atoms with E-state index in [4.69, 9.17) is 14.2 Å². The third-order valence-corrected chi connectivity index (χ3v) is 4.80. The van der Waals surface area contributed by atoms with Gasteiger partial charge in [0.2, 0.25) is 5.78 Å². The molecular weight excluding hydrogens is 382 g/mol. The van der Waals surface area contributed by atoms with E-state index in [0.29, 0.717) is 35.8 Å². The minimum atomic E-state index is -0.553. The SMILES string of the molecule is COCCn1c(C)cc(C(=O)COC(=O)c2ccc(Oc3ccccc3)cc2)c1C. The van der Waals surface area contributed by atoms with Crippen molar-refractivity contribution in [3.05, 3.63) is 83.2 Å². The average Bonchev–Trinajstić information content (AvgIpc) is 3.05. The Morgan fingerprint density at radius 2 is 1.60 bits per heavy atom. The fraction of sp³-hybridized carbons (Fsp3) is 0.250. The predicted molar refractivity (Wildman–Crippen MR) is 113 cm³/mol. The van der Waals surface area contributed by atoms with Crippen molar-refractivity contribution in [2.24, 2.45) is 0 Å². The van der Waals surface area contributed by atoms with Gasteiger partial charge in [-0.15, -0.1) is 0 Å². The second-order valence-electron chi connectivity index (χ2n) is 6.87. The summed E-state index contributed by atoms with van der Waals surface area (Å²) in [5.74, 6) is 0.533. The summed E-state index contributed by atoms with van der Waals surface area (Å²) in [5, 5.41) is 0. The molecule has 0 aliphatic carbocycles. The number of para-hydroxylation sites is 1. The van der Waals surface area contributed by atoms with Crippen molar-refractivity contribution in [3.8, 4) is 11.5 Å². The lowest BCUT2D eigenvalue weighted by atomic mass is 10.1. The number of ketones is 1. The highest BCUT2D eigenvalue weighted by Gasteiger charge is 2.18. The fourth-order valence-corrected chi connectivity index (χ4v) is 3.19. The van der Waals surface area contributed by atoms with E-state index in [1.807, 2.05) is 54.8 Å². The molecule has 0 radical (unpaired) electrons. The Balaban J connectivity index is 1.58. The lowest BCUT2D eigenvalue weighted by Crippen LogP contribution is -2.15. The van der Waals surface area contributed by atoms with Crippen LogP contribution < -0.4 is 4.74 Å². The second-order valence-corrected chi connectivity index (χ2v) is 6.87. The number of esters is 1. The van der Waals surface area contributed by atoms with Gasteiger partial charge >= 0.3 is 5.97 Å². The van der Waals surface area contributed by atoms with E-state index >= 15 is 0 Å². The van der Waals surface area contributed by atoms with E-state index in [1.165, 1.54) is 0 Å². The number of Topliss-reactive ketones (excluding diaryl/α,β-unsaturated/α-hetero) is 1. The monoisotopic (exact) mass is 407 g/mol. The lowest BCUT2D eigenvalue weighted by molar-refractivity contribution is 0.0474. The highest BCUT2D eigenvalue weighted by atomic mass is 16.5. The number of aromatic nitrogens is 1. The summed E-state index contributed by atoms with van der Waals surface area (Å²) in [4.78, 5) is 24.9. The molecule has 6 nitrogen and oxygen atoms in total. The van der Waals surface area contributed by atoms with E-state index in [9.17, 15) is 9.59 Å². The zero-order chi connectivity index (χ0) is 21.5. The number of hydrogen-bond acceptors (Lipinski definition) is 5. The van der Waals surface area contributed by atoms with Crippen LogP contribution in [0.4, 0.5) is 0 Å². The van der Waals surface area contributed by atoms with Crippen molar-refractivity contribution in [1.82, 2.24) is 4.57 Å². The molecule has 0 amide bonds. The van der Waals surface area contributed by atoms with Crippen molar-refractivity contribution in [1.29, 1.82) is 0 Å².